The Morgan fingerprint density at radius 2 is 1.89 bits per heavy atom. The number of hydrogen-bond donors (Lipinski definition) is 6. The van der Waals surface area contributed by atoms with Gasteiger partial charge in [-0.15, -0.1) is 0 Å². The number of carbonyl (C=O) groups is 4. The standard InChI is InChI=1S/C22H41N7O5S/c1-4-13(2)17(28-18(30)14(23)7-5-10-26-22(24)25)20(32)29-11-6-8-16(29)19(31)27-15(21(33)34)9-12-35-3/h13-17H,4-12,23H2,1-3H3,(H,27,31)(H,28,30)(H,33,34)(H4,24,25,26). The maximum absolute atomic E-state index is 13.5. The van der Waals surface area contributed by atoms with Crippen LogP contribution in [0.5, 0.6) is 0 Å². The molecule has 1 aliphatic rings. The molecule has 0 radical (unpaired) electrons. The highest BCUT2D eigenvalue weighted by Crippen LogP contribution is 2.22. The van der Waals surface area contributed by atoms with Gasteiger partial charge in [0, 0.05) is 13.1 Å². The highest BCUT2D eigenvalue weighted by molar-refractivity contribution is 7.98. The van der Waals surface area contributed by atoms with Crippen LogP contribution in [0.25, 0.3) is 0 Å². The van der Waals surface area contributed by atoms with E-state index in [1.165, 1.54) is 16.7 Å². The molecule has 200 valence electrons. The van der Waals surface area contributed by atoms with Gasteiger partial charge in [-0.1, -0.05) is 20.3 Å². The maximum atomic E-state index is 13.5. The minimum atomic E-state index is -1.11. The van der Waals surface area contributed by atoms with Crippen molar-refractivity contribution in [3.8, 4) is 0 Å². The minimum Gasteiger partial charge on any atom is -0.480 e. The molecule has 0 aromatic heterocycles. The quantitative estimate of drug-likeness (QED) is 0.0916. The summed E-state index contributed by atoms with van der Waals surface area (Å²) in [4.78, 5) is 55.9. The molecule has 0 aromatic rings. The lowest BCUT2D eigenvalue weighted by Crippen LogP contribution is -2.58. The van der Waals surface area contributed by atoms with Gasteiger partial charge in [0.1, 0.15) is 18.1 Å². The molecule has 1 heterocycles. The third-order valence-electron chi connectivity index (χ3n) is 6.14. The van der Waals surface area contributed by atoms with E-state index in [-0.39, 0.29) is 24.2 Å². The number of carbonyl (C=O) groups excluding carboxylic acids is 3. The fraction of sp³-hybridized carbons (Fsp3) is 0.773. The summed E-state index contributed by atoms with van der Waals surface area (Å²) in [7, 11) is 0. The number of nitrogens with one attached hydrogen (secondary N) is 2. The average Bonchev–Trinajstić information content (AvgIpc) is 3.31. The first kappa shape index (κ1) is 30.5. The van der Waals surface area contributed by atoms with E-state index >= 15 is 0 Å². The van der Waals surface area contributed by atoms with Gasteiger partial charge in [-0.05, 0) is 50.0 Å². The number of carboxylic acids is 1. The van der Waals surface area contributed by atoms with Crippen molar-refractivity contribution >= 4 is 41.4 Å². The molecule has 0 bridgehead atoms. The Kier molecular flexibility index (Phi) is 13.5. The van der Waals surface area contributed by atoms with Gasteiger partial charge in [-0.25, -0.2) is 4.79 Å². The Labute approximate surface area is 211 Å². The van der Waals surface area contributed by atoms with Crippen molar-refractivity contribution in [1.29, 1.82) is 0 Å². The molecule has 1 saturated heterocycles. The van der Waals surface area contributed by atoms with Crippen LogP contribution in [0.4, 0.5) is 0 Å². The molecule has 1 fully saturated rings. The van der Waals surface area contributed by atoms with Gasteiger partial charge < -0.3 is 37.8 Å². The number of likely N-dealkylation sites (tertiary alicyclic amines) is 1. The van der Waals surface area contributed by atoms with E-state index in [4.69, 9.17) is 17.2 Å². The molecule has 0 aliphatic carbocycles. The second-order valence-electron chi connectivity index (χ2n) is 8.80. The van der Waals surface area contributed by atoms with E-state index < -0.39 is 42.0 Å². The normalized spacial score (nSPS) is 18.7. The van der Waals surface area contributed by atoms with E-state index in [1.807, 2.05) is 20.1 Å². The lowest BCUT2D eigenvalue weighted by Gasteiger charge is -2.32. The van der Waals surface area contributed by atoms with E-state index in [2.05, 4.69) is 15.6 Å². The van der Waals surface area contributed by atoms with E-state index in [0.717, 1.165) is 0 Å². The van der Waals surface area contributed by atoms with Crippen molar-refractivity contribution in [2.75, 3.05) is 25.1 Å². The summed E-state index contributed by atoms with van der Waals surface area (Å²) >= 11 is 1.49. The number of thioether (sulfide) groups is 1. The van der Waals surface area contributed by atoms with Gasteiger partial charge in [0.15, 0.2) is 5.96 Å². The highest BCUT2D eigenvalue weighted by Gasteiger charge is 2.40. The van der Waals surface area contributed by atoms with E-state index in [0.29, 0.717) is 50.9 Å². The topological polar surface area (TPSA) is 206 Å². The van der Waals surface area contributed by atoms with E-state index in [1.54, 1.807) is 0 Å². The third-order valence-corrected chi connectivity index (χ3v) is 6.79. The Bertz CT molecular complexity index is 762. The number of hydrogen-bond acceptors (Lipinski definition) is 7. The zero-order valence-electron chi connectivity index (χ0n) is 20.9. The maximum Gasteiger partial charge on any atom is 0.326 e. The molecule has 0 saturated carbocycles. The van der Waals surface area contributed by atoms with Crippen molar-refractivity contribution < 1.29 is 24.3 Å². The van der Waals surface area contributed by atoms with Gasteiger partial charge in [0.05, 0.1) is 6.04 Å². The number of aliphatic imine (C=N–C) groups is 1. The summed E-state index contributed by atoms with van der Waals surface area (Å²) < 4.78 is 0. The summed E-state index contributed by atoms with van der Waals surface area (Å²) in [5, 5.41) is 14.8. The predicted octanol–water partition coefficient (Wildman–Crippen LogP) is -0.788. The van der Waals surface area contributed by atoms with Gasteiger partial charge in [-0.3, -0.25) is 19.4 Å². The van der Waals surface area contributed by atoms with Gasteiger partial charge in [0.2, 0.25) is 17.7 Å². The molecule has 13 heteroatoms. The zero-order chi connectivity index (χ0) is 26.5. The Balaban J connectivity index is 2.88. The Morgan fingerprint density at radius 1 is 1.20 bits per heavy atom. The molecule has 35 heavy (non-hydrogen) atoms. The second kappa shape index (κ2) is 15.5. The van der Waals surface area contributed by atoms with Crippen LogP contribution in [0.15, 0.2) is 4.99 Å². The highest BCUT2D eigenvalue weighted by atomic mass is 32.2. The molecule has 0 spiro atoms. The molecule has 1 rings (SSSR count). The molecule has 0 aromatic carbocycles. The monoisotopic (exact) mass is 515 g/mol. The van der Waals surface area contributed by atoms with Crippen molar-refractivity contribution in [2.24, 2.45) is 28.1 Å². The van der Waals surface area contributed by atoms with Crippen LogP contribution in [0, 0.1) is 5.92 Å². The first-order valence-corrected chi connectivity index (χ1v) is 13.4. The molecule has 3 amide bonds. The third kappa shape index (κ3) is 9.92. The molecule has 12 nitrogen and oxygen atoms in total. The minimum absolute atomic E-state index is 0.0337. The van der Waals surface area contributed by atoms with Crippen molar-refractivity contribution in [3.05, 3.63) is 0 Å². The number of aliphatic carboxylic acids is 1. The van der Waals surface area contributed by atoms with Gasteiger partial charge in [-0.2, -0.15) is 11.8 Å². The fourth-order valence-corrected chi connectivity index (χ4v) is 4.31. The van der Waals surface area contributed by atoms with Gasteiger partial charge in [0.25, 0.3) is 0 Å². The van der Waals surface area contributed by atoms with Crippen LogP contribution < -0.4 is 27.8 Å². The number of guanidine groups is 1. The predicted molar refractivity (Wildman–Crippen MR) is 137 cm³/mol. The van der Waals surface area contributed by atoms with Gasteiger partial charge >= 0.3 is 5.97 Å². The fourth-order valence-electron chi connectivity index (χ4n) is 3.84. The molecule has 9 N–H and O–H groups in total. The first-order chi connectivity index (χ1) is 16.5. The Morgan fingerprint density at radius 3 is 2.46 bits per heavy atom. The molecule has 5 atom stereocenters. The number of nitrogens with zero attached hydrogens (tertiary/aromatic N) is 2. The molecule has 1 aliphatic heterocycles. The average molecular weight is 516 g/mol. The van der Waals surface area contributed by atoms with Crippen LogP contribution in [0.1, 0.15) is 52.4 Å². The number of carboxylic acid groups (broad SMARTS) is 1. The molecular weight excluding hydrogens is 474 g/mol. The first-order valence-electron chi connectivity index (χ1n) is 12.0. The summed E-state index contributed by atoms with van der Waals surface area (Å²) in [5.74, 6) is -2.08. The molecule has 5 unspecified atom stereocenters. The number of rotatable bonds is 15. The smallest absolute Gasteiger partial charge is 0.326 e. The Hall–Kier alpha value is -2.54. The van der Waals surface area contributed by atoms with Crippen LogP contribution in [0.2, 0.25) is 0 Å². The van der Waals surface area contributed by atoms with Crippen LogP contribution >= 0.6 is 11.8 Å². The van der Waals surface area contributed by atoms with Crippen molar-refractivity contribution in [1.82, 2.24) is 15.5 Å². The van der Waals surface area contributed by atoms with Crippen molar-refractivity contribution in [3.63, 3.8) is 0 Å². The largest absolute Gasteiger partial charge is 0.480 e. The van der Waals surface area contributed by atoms with Crippen LogP contribution in [0.3, 0.4) is 0 Å². The number of amides is 3. The summed E-state index contributed by atoms with van der Waals surface area (Å²) in [5.41, 5.74) is 16.6. The van der Waals surface area contributed by atoms with Crippen LogP contribution in [-0.4, -0.2) is 88.9 Å². The van der Waals surface area contributed by atoms with Crippen LogP contribution in [-0.2, 0) is 19.2 Å². The van der Waals surface area contributed by atoms with Crippen molar-refractivity contribution in [2.45, 2.75) is 76.5 Å². The molecular formula is C22H41N7O5S. The second-order valence-corrected chi connectivity index (χ2v) is 9.78. The summed E-state index contributed by atoms with van der Waals surface area (Å²) in [6, 6.07) is -3.49. The van der Waals surface area contributed by atoms with E-state index in [9.17, 15) is 24.3 Å². The summed E-state index contributed by atoms with van der Waals surface area (Å²) in [6.07, 6.45) is 4.65. The number of nitrogens with two attached hydrogens (primary N) is 3. The SMILES string of the molecule is CCC(C)C(NC(=O)C(N)CCCN=C(N)N)C(=O)N1CCCC1C(=O)NC(CCSC)C(=O)O. The lowest BCUT2D eigenvalue weighted by molar-refractivity contribution is -0.145. The lowest BCUT2D eigenvalue weighted by atomic mass is 9.96. The summed E-state index contributed by atoms with van der Waals surface area (Å²) in [6.45, 7) is 4.45. The zero-order valence-corrected chi connectivity index (χ0v) is 21.7.